The standard InChI is InChI=1S/C15H14F3NO/c1-10-2-4-11(5-3-10)14(19)12-6-8-13(9-7-12)20-15(16,17)18/h2-9,14H,19H2,1H3/t14-/m0/s1. The quantitative estimate of drug-likeness (QED) is 0.924. The molecule has 106 valence electrons. The van der Waals surface area contributed by atoms with Gasteiger partial charge in [0, 0.05) is 0 Å². The third-order valence-corrected chi connectivity index (χ3v) is 2.91. The van der Waals surface area contributed by atoms with Gasteiger partial charge in [-0.3, -0.25) is 0 Å². The number of halogens is 3. The molecule has 0 bridgehead atoms. The number of nitrogens with two attached hydrogens (primary N) is 1. The molecule has 2 aromatic rings. The van der Waals surface area contributed by atoms with E-state index in [1.54, 1.807) is 0 Å². The van der Waals surface area contributed by atoms with Crippen molar-refractivity contribution in [3.05, 3.63) is 65.2 Å². The Bertz CT molecular complexity index is 561. The molecule has 0 radical (unpaired) electrons. The van der Waals surface area contributed by atoms with Gasteiger partial charge in [0.15, 0.2) is 0 Å². The van der Waals surface area contributed by atoms with Gasteiger partial charge in [0.25, 0.3) is 0 Å². The highest BCUT2D eigenvalue weighted by atomic mass is 19.4. The van der Waals surface area contributed by atoms with E-state index in [9.17, 15) is 13.2 Å². The van der Waals surface area contributed by atoms with Crippen LogP contribution in [0, 0.1) is 6.92 Å². The van der Waals surface area contributed by atoms with E-state index in [2.05, 4.69) is 4.74 Å². The molecule has 0 aromatic heterocycles. The zero-order chi connectivity index (χ0) is 14.8. The number of aryl methyl sites for hydroxylation is 1. The predicted molar refractivity (Wildman–Crippen MR) is 70.3 cm³/mol. The number of rotatable bonds is 3. The molecule has 1 atom stereocenters. The molecular formula is C15H14F3NO. The van der Waals surface area contributed by atoms with E-state index in [1.165, 1.54) is 24.3 Å². The van der Waals surface area contributed by atoms with Crippen molar-refractivity contribution < 1.29 is 17.9 Å². The minimum atomic E-state index is -4.68. The van der Waals surface area contributed by atoms with Crippen LogP contribution in [-0.4, -0.2) is 6.36 Å². The van der Waals surface area contributed by atoms with Crippen LogP contribution in [0.2, 0.25) is 0 Å². The first-order chi connectivity index (χ1) is 9.35. The van der Waals surface area contributed by atoms with E-state index in [0.717, 1.165) is 16.7 Å². The highest BCUT2D eigenvalue weighted by Crippen LogP contribution is 2.26. The molecule has 0 amide bonds. The van der Waals surface area contributed by atoms with Crippen molar-refractivity contribution in [2.24, 2.45) is 5.73 Å². The highest BCUT2D eigenvalue weighted by molar-refractivity contribution is 5.36. The minimum Gasteiger partial charge on any atom is -0.406 e. The van der Waals surface area contributed by atoms with Crippen LogP contribution in [0.15, 0.2) is 48.5 Å². The number of hydrogen-bond donors (Lipinski definition) is 1. The average Bonchev–Trinajstić information content (AvgIpc) is 2.38. The molecule has 2 rings (SSSR count). The Morgan fingerprint density at radius 2 is 1.35 bits per heavy atom. The number of hydrogen-bond acceptors (Lipinski definition) is 2. The summed E-state index contributed by atoms with van der Waals surface area (Å²) >= 11 is 0. The van der Waals surface area contributed by atoms with Gasteiger partial charge in [0.05, 0.1) is 6.04 Å². The van der Waals surface area contributed by atoms with Crippen molar-refractivity contribution in [3.8, 4) is 5.75 Å². The third-order valence-electron chi connectivity index (χ3n) is 2.91. The second-order valence-corrected chi connectivity index (χ2v) is 4.51. The Kier molecular flexibility index (Phi) is 3.99. The van der Waals surface area contributed by atoms with E-state index in [-0.39, 0.29) is 11.8 Å². The molecule has 0 heterocycles. The smallest absolute Gasteiger partial charge is 0.406 e. The molecule has 0 aliphatic rings. The molecule has 2 N–H and O–H groups in total. The van der Waals surface area contributed by atoms with Crippen molar-refractivity contribution >= 4 is 0 Å². The Morgan fingerprint density at radius 1 is 0.900 bits per heavy atom. The summed E-state index contributed by atoms with van der Waals surface area (Å²) in [7, 11) is 0. The summed E-state index contributed by atoms with van der Waals surface area (Å²) < 4.78 is 40.0. The van der Waals surface area contributed by atoms with Crippen molar-refractivity contribution in [2.75, 3.05) is 0 Å². The van der Waals surface area contributed by atoms with Crippen molar-refractivity contribution in [2.45, 2.75) is 19.3 Å². The molecule has 0 aliphatic carbocycles. The van der Waals surface area contributed by atoms with Gasteiger partial charge in [0.1, 0.15) is 5.75 Å². The molecular weight excluding hydrogens is 267 g/mol. The molecule has 2 aromatic carbocycles. The van der Waals surface area contributed by atoms with Gasteiger partial charge in [-0.15, -0.1) is 13.2 Å². The topological polar surface area (TPSA) is 35.2 Å². The molecule has 0 saturated carbocycles. The van der Waals surface area contributed by atoms with Crippen LogP contribution in [0.4, 0.5) is 13.2 Å². The molecule has 0 fully saturated rings. The van der Waals surface area contributed by atoms with Crippen LogP contribution in [0.5, 0.6) is 5.75 Å². The summed E-state index contributed by atoms with van der Waals surface area (Å²) in [4.78, 5) is 0. The van der Waals surface area contributed by atoms with Crippen LogP contribution in [0.1, 0.15) is 22.7 Å². The predicted octanol–water partition coefficient (Wildman–Crippen LogP) is 3.94. The summed E-state index contributed by atoms with van der Waals surface area (Å²) in [5.74, 6) is -0.252. The van der Waals surface area contributed by atoms with Crippen LogP contribution in [0.25, 0.3) is 0 Å². The van der Waals surface area contributed by atoms with E-state index in [0.29, 0.717) is 0 Å². The van der Waals surface area contributed by atoms with Gasteiger partial charge in [-0.25, -0.2) is 0 Å². The van der Waals surface area contributed by atoms with Crippen molar-refractivity contribution in [3.63, 3.8) is 0 Å². The van der Waals surface area contributed by atoms with Gasteiger partial charge in [-0.2, -0.15) is 0 Å². The Morgan fingerprint density at radius 3 is 1.80 bits per heavy atom. The maximum Gasteiger partial charge on any atom is 0.573 e. The fraction of sp³-hybridized carbons (Fsp3) is 0.200. The molecule has 0 aliphatic heterocycles. The first kappa shape index (κ1) is 14.4. The van der Waals surface area contributed by atoms with E-state index in [4.69, 9.17) is 5.73 Å². The van der Waals surface area contributed by atoms with Gasteiger partial charge < -0.3 is 10.5 Å². The van der Waals surface area contributed by atoms with Crippen molar-refractivity contribution in [1.82, 2.24) is 0 Å². The Labute approximate surface area is 115 Å². The molecule has 5 heteroatoms. The molecule has 0 spiro atoms. The maximum absolute atomic E-state index is 12.1. The zero-order valence-electron chi connectivity index (χ0n) is 10.8. The largest absolute Gasteiger partial charge is 0.573 e. The SMILES string of the molecule is Cc1ccc([C@H](N)c2ccc(OC(F)(F)F)cc2)cc1. The fourth-order valence-electron chi connectivity index (χ4n) is 1.84. The maximum atomic E-state index is 12.1. The first-order valence-corrected chi connectivity index (χ1v) is 6.03. The Hall–Kier alpha value is -2.01. The molecule has 20 heavy (non-hydrogen) atoms. The second kappa shape index (κ2) is 5.54. The second-order valence-electron chi connectivity index (χ2n) is 4.51. The van der Waals surface area contributed by atoms with Crippen LogP contribution < -0.4 is 10.5 Å². The lowest BCUT2D eigenvalue weighted by atomic mass is 9.99. The van der Waals surface area contributed by atoms with E-state index >= 15 is 0 Å². The van der Waals surface area contributed by atoms with Crippen LogP contribution in [-0.2, 0) is 0 Å². The number of benzene rings is 2. The highest BCUT2D eigenvalue weighted by Gasteiger charge is 2.31. The van der Waals surface area contributed by atoms with Gasteiger partial charge in [0.2, 0.25) is 0 Å². The van der Waals surface area contributed by atoms with Gasteiger partial charge in [-0.05, 0) is 30.2 Å². The fourth-order valence-corrected chi connectivity index (χ4v) is 1.84. The average molecular weight is 281 g/mol. The van der Waals surface area contributed by atoms with E-state index in [1.807, 2.05) is 31.2 Å². The zero-order valence-corrected chi connectivity index (χ0v) is 10.8. The van der Waals surface area contributed by atoms with Crippen LogP contribution >= 0.6 is 0 Å². The summed E-state index contributed by atoms with van der Waals surface area (Å²) in [6, 6.07) is 12.9. The minimum absolute atomic E-state index is 0.252. The lowest BCUT2D eigenvalue weighted by molar-refractivity contribution is -0.274. The lowest BCUT2D eigenvalue weighted by Crippen LogP contribution is -2.17. The van der Waals surface area contributed by atoms with Crippen LogP contribution in [0.3, 0.4) is 0 Å². The first-order valence-electron chi connectivity index (χ1n) is 6.03. The van der Waals surface area contributed by atoms with E-state index < -0.39 is 6.36 Å². The molecule has 0 saturated heterocycles. The number of alkyl halides is 3. The summed E-state index contributed by atoms with van der Waals surface area (Å²) in [6.07, 6.45) is -4.68. The molecule has 2 nitrogen and oxygen atoms in total. The van der Waals surface area contributed by atoms with Gasteiger partial charge in [-0.1, -0.05) is 42.0 Å². The lowest BCUT2D eigenvalue weighted by Gasteiger charge is -2.14. The normalized spacial score (nSPS) is 13.1. The third kappa shape index (κ3) is 3.74. The Balaban J connectivity index is 2.15. The van der Waals surface area contributed by atoms with Crippen molar-refractivity contribution in [1.29, 1.82) is 0 Å². The van der Waals surface area contributed by atoms with Gasteiger partial charge >= 0.3 is 6.36 Å². The monoisotopic (exact) mass is 281 g/mol. The summed E-state index contributed by atoms with van der Waals surface area (Å²) in [5.41, 5.74) is 8.83. The summed E-state index contributed by atoms with van der Waals surface area (Å²) in [6.45, 7) is 1.97. The number of ether oxygens (including phenoxy) is 1. The molecule has 0 unspecified atom stereocenters. The summed E-state index contributed by atoms with van der Waals surface area (Å²) in [5, 5.41) is 0.